The van der Waals surface area contributed by atoms with Crippen LogP contribution in [0, 0.1) is 12.8 Å². The van der Waals surface area contributed by atoms with Gasteiger partial charge in [-0.15, -0.1) is 0 Å². The van der Waals surface area contributed by atoms with Crippen molar-refractivity contribution in [2.75, 3.05) is 26.7 Å². The molecule has 104 valence electrons. The first-order chi connectivity index (χ1) is 9.16. The minimum absolute atomic E-state index is 0.259. The lowest BCUT2D eigenvalue weighted by Gasteiger charge is -2.21. The third-order valence-electron chi connectivity index (χ3n) is 3.99. The molecule has 0 aliphatic carbocycles. The molecular formula is C16H24N2O. The van der Waals surface area contributed by atoms with E-state index >= 15 is 0 Å². The first-order valence-electron chi connectivity index (χ1n) is 7.16. The summed E-state index contributed by atoms with van der Waals surface area (Å²) in [6.45, 7) is 5.14. The zero-order chi connectivity index (χ0) is 13.7. The van der Waals surface area contributed by atoms with Gasteiger partial charge in [-0.1, -0.05) is 24.3 Å². The van der Waals surface area contributed by atoms with Crippen LogP contribution in [0.2, 0.25) is 0 Å². The van der Waals surface area contributed by atoms with Crippen LogP contribution in [0.5, 0.6) is 0 Å². The van der Waals surface area contributed by atoms with Crippen molar-refractivity contribution in [2.24, 2.45) is 5.92 Å². The fourth-order valence-corrected chi connectivity index (χ4v) is 2.68. The van der Waals surface area contributed by atoms with Crippen LogP contribution in [0.1, 0.15) is 24.0 Å². The molecule has 0 radical (unpaired) electrons. The van der Waals surface area contributed by atoms with Crippen LogP contribution < -0.4 is 5.32 Å². The highest BCUT2D eigenvalue weighted by Gasteiger charge is 2.18. The summed E-state index contributed by atoms with van der Waals surface area (Å²) in [6, 6.07) is 8.30. The fourth-order valence-electron chi connectivity index (χ4n) is 2.68. The lowest BCUT2D eigenvalue weighted by molar-refractivity contribution is -0.130. The number of nitrogens with one attached hydrogen (secondary N) is 1. The number of carbonyl (C=O) groups excluding carboxylic acids is 1. The summed E-state index contributed by atoms with van der Waals surface area (Å²) in [6.07, 6.45) is 2.65. The van der Waals surface area contributed by atoms with Crippen LogP contribution in [0.15, 0.2) is 24.3 Å². The highest BCUT2D eigenvalue weighted by Crippen LogP contribution is 2.12. The summed E-state index contributed by atoms with van der Waals surface area (Å²) in [5, 5.41) is 3.34. The van der Waals surface area contributed by atoms with Gasteiger partial charge in [0.25, 0.3) is 0 Å². The van der Waals surface area contributed by atoms with Gasteiger partial charge in [0.1, 0.15) is 0 Å². The van der Waals surface area contributed by atoms with E-state index in [9.17, 15) is 4.79 Å². The van der Waals surface area contributed by atoms with Crippen LogP contribution in [-0.4, -0.2) is 37.5 Å². The standard InChI is InChI=1S/C16H24N2O/c1-13-5-3-4-6-15(13)7-8-16(19)18(2)12-14-9-10-17-11-14/h3-6,14,17H,7-12H2,1-2H3. The third kappa shape index (κ3) is 4.06. The van der Waals surface area contributed by atoms with Crippen molar-refractivity contribution in [3.63, 3.8) is 0 Å². The van der Waals surface area contributed by atoms with E-state index in [-0.39, 0.29) is 5.91 Å². The Morgan fingerprint density at radius 1 is 1.42 bits per heavy atom. The minimum Gasteiger partial charge on any atom is -0.345 e. The van der Waals surface area contributed by atoms with Gasteiger partial charge in [-0.3, -0.25) is 4.79 Å². The van der Waals surface area contributed by atoms with Crippen LogP contribution in [0.4, 0.5) is 0 Å². The van der Waals surface area contributed by atoms with Gasteiger partial charge in [0.05, 0.1) is 0 Å². The summed E-state index contributed by atoms with van der Waals surface area (Å²) < 4.78 is 0. The Kier molecular flexibility index (Phi) is 4.97. The molecule has 3 heteroatoms. The maximum absolute atomic E-state index is 12.1. The fraction of sp³-hybridized carbons (Fsp3) is 0.562. The number of benzene rings is 1. The van der Waals surface area contributed by atoms with Crippen molar-refractivity contribution >= 4 is 5.91 Å². The Morgan fingerprint density at radius 3 is 2.89 bits per heavy atom. The Hall–Kier alpha value is -1.35. The zero-order valence-corrected chi connectivity index (χ0v) is 12.0. The first-order valence-corrected chi connectivity index (χ1v) is 7.16. The van der Waals surface area contributed by atoms with E-state index in [0.717, 1.165) is 26.1 Å². The summed E-state index contributed by atoms with van der Waals surface area (Å²) >= 11 is 0. The Bertz CT molecular complexity index is 425. The van der Waals surface area contributed by atoms with Crippen molar-refractivity contribution in [3.8, 4) is 0 Å². The SMILES string of the molecule is Cc1ccccc1CCC(=O)N(C)CC1CCNC1. The van der Waals surface area contributed by atoms with Gasteiger partial charge in [-0.05, 0) is 49.9 Å². The van der Waals surface area contributed by atoms with Gasteiger partial charge in [0.2, 0.25) is 5.91 Å². The molecule has 1 saturated heterocycles. The predicted octanol–water partition coefficient (Wildman–Crippen LogP) is 2.00. The van der Waals surface area contributed by atoms with Crippen molar-refractivity contribution in [2.45, 2.75) is 26.2 Å². The molecule has 1 atom stereocenters. The second-order valence-corrected chi connectivity index (χ2v) is 5.56. The average molecular weight is 260 g/mol. The number of amides is 1. The van der Waals surface area contributed by atoms with E-state index in [1.165, 1.54) is 17.5 Å². The maximum Gasteiger partial charge on any atom is 0.222 e. The van der Waals surface area contributed by atoms with Crippen LogP contribution >= 0.6 is 0 Å². The second kappa shape index (κ2) is 6.71. The molecule has 0 spiro atoms. The Balaban J connectivity index is 1.78. The third-order valence-corrected chi connectivity index (χ3v) is 3.99. The molecule has 19 heavy (non-hydrogen) atoms. The van der Waals surface area contributed by atoms with Crippen molar-refractivity contribution in [1.29, 1.82) is 0 Å². The topological polar surface area (TPSA) is 32.3 Å². The lowest BCUT2D eigenvalue weighted by atomic mass is 10.0. The van der Waals surface area contributed by atoms with Gasteiger partial charge in [0, 0.05) is 20.0 Å². The van der Waals surface area contributed by atoms with E-state index in [1.807, 2.05) is 24.1 Å². The predicted molar refractivity (Wildman–Crippen MR) is 78.1 cm³/mol. The number of hydrogen-bond acceptors (Lipinski definition) is 2. The van der Waals surface area contributed by atoms with Gasteiger partial charge < -0.3 is 10.2 Å². The second-order valence-electron chi connectivity index (χ2n) is 5.56. The molecule has 0 saturated carbocycles. The van der Waals surface area contributed by atoms with Crippen molar-refractivity contribution in [3.05, 3.63) is 35.4 Å². The van der Waals surface area contributed by atoms with Crippen LogP contribution in [0.3, 0.4) is 0 Å². The summed E-state index contributed by atoms with van der Waals surface area (Å²) in [5.74, 6) is 0.891. The smallest absolute Gasteiger partial charge is 0.222 e. The van der Waals surface area contributed by atoms with Crippen molar-refractivity contribution in [1.82, 2.24) is 10.2 Å². The van der Waals surface area contributed by atoms with Crippen molar-refractivity contribution < 1.29 is 4.79 Å². The minimum atomic E-state index is 0.259. The molecule has 1 fully saturated rings. The monoisotopic (exact) mass is 260 g/mol. The Morgan fingerprint density at radius 2 is 2.21 bits per heavy atom. The van der Waals surface area contributed by atoms with E-state index in [1.54, 1.807) is 0 Å². The van der Waals surface area contributed by atoms with E-state index in [4.69, 9.17) is 0 Å². The molecule has 1 aliphatic rings. The van der Waals surface area contributed by atoms with E-state index in [0.29, 0.717) is 12.3 Å². The molecule has 3 nitrogen and oxygen atoms in total. The lowest BCUT2D eigenvalue weighted by Crippen LogP contribution is -2.32. The van der Waals surface area contributed by atoms with E-state index in [2.05, 4.69) is 24.4 Å². The van der Waals surface area contributed by atoms with Crippen LogP contribution in [-0.2, 0) is 11.2 Å². The molecule has 1 aromatic rings. The number of aryl methyl sites for hydroxylation is 2. The normalized spacial score (nSPS) is 18.5. The Labute approximate surface area is 116 Å². The maximum atomic E-state index is 12.1. The summed E-state index contributed by atoms with van der Waals surface area (Å²) in [5.41, 5.74) is 2.56. The highest BCUT2D eigenvalue weighted by molar-refractivity contribution is 5.76. The van der Waals surface area contributed by atoms with Gasteiger partial charge in [-0.2, -0.15) is 0 Å². The number of nitrogens with zero attached hydrogens (tertiary/aromatic N) is 1. The largest absolute Gasteiger partial charge is 0.345 e. The summed E-state index contributed by atoms with van der Waals surface area (Å²) in [7, 11) is 1.93. The van der Waals surface area contributed by atoms with Gasteiger partial charge in [0.15, 0.2) is 0 Å². The van der Waals surface area contributed by atoms with Gasteiger partial charge >= 0.3 is 0 Å². The zero-order valence-electron chi connectivity index (χ0n) is 12.0. The molecule has 1 N–H and O–H groups in total. The molecule has 1 aliphatic heterocycles. The molecule has 1 amide bonds. The summed E-state index contributed by atoms with van der Waals surface area (Å²) in [4.78, 5) is 14.0. The number of rotatable bonds is 5. The molecule has 0 bridgehead atoms. The average Bonchev–Trinajstić information content (AvgIpc) is 2.90. The molecule has 1 unspecified atom stereocenters. The molecule has 2 rings (SSSR count). The quantitative estimate of drug-likeness (QED) is 0.878. The van der Waals surface area contributed by atoms with Crippen LogP contribution in [0.25, 0.3) is 0 Å². The van der Waals surface area contributed by atoms with Gasteiger partial charge in [-0.25, -0.2) is 0 Å². The molecule has 0 aromatic heterocycles. The first kappa shape index (κ1) is 14.1. The number of hydrogen-bond donors (Lipinski definition) is 1. The molecule has 1 aromatic carbocycles. The molecule has 1 heterocycles. The van der Waals surface area contributed by atoms with E-state index < -0.39 is 0 Å². The number of carbonyl (C=O) groups is 1. The molecular weight excluding hydrogens is 236 g/mol. The highest BCUT2D eigenvalue weighted by atomic mass is 16.2.